The Morgan fingerprint density at radius 3 is 2.29 bits per heavy atom. The molecule has 1 saturated heterocycles. The number of thioether (sulfide) groups is 1. The van der Waals surface area contributed by atoms with E-state index in [0.717, 1.165) is 0 Å². The highest BCUT2D eigenvalue weighted by Crippen LogP contribution is 2.50. The van der Waals surface area contributed by atoms with Gasteiger partial charge in [-0.05, 0) is 17.7 Å². The molecule has 1 heterocycles. The quantitative estimate of drug-likeness (QED) is 0.857. The lowest BCUT2D eigenvalue weighted by Crippen LogP contribution is -2.49. The Morgan fingerprint density at radius 2 is 1.88 bits per heavy atom. The van der Waals surface area contributed by atoms with Crippen LogP contribution in [0.4, 0.5) is 13.2 Å². The van der Waals surface area contributed by atoms with Crippen LogP contribution in [0.1, 0.15) is 5.56 Å². The Kier molecular flexibility index (Phi) is 3.03. The molecule has 0 radical (unpaired) electrons. The van der Waals surface area contributed by atoms with Gasteiger partial charge in [-0.15, -0.1) is 11.8 Å². The minimum absolute atomic E-state index is 0.0229. The van der Waals surface area contributed by atoms with Crippen LogP contribution in [0.5, 0.6) is 0 Å². The lowest BCUT2D eigenvalue weighted by Gasteiger charge is -2.30. The Morgan fingerprint density at radius 1 is 1.29 bits per heavy atom. The van der Waals surface area contributed by atoms with E-state index < -0.39 is 17.0 Å². The molecule has 1 amide bonds. The average Bonchev–Trinajstić information content (AvgIpc) is 2.62. The minimum atomic E-state index is -4.56. The van der Waals surface area contributed by atoms with Gasteiger partial charge < -0.3 is 5.32 Å². The number of rotatable bonds is 1. The SMILES string of the molecule is O=C1CS[C@@](c2ccc(Cl)cc2)(C(F)(F)F)N1. The topological polar surface area (TPSA) is 29.1 Å². The summed E-state index contributed by atoms with van der Waals surface area (Å²) in [7, 11) is 0. The molecule has 92 valence electrons. The number of carbonyl (C=O) groups excluding carboxylic acids is 1. The van der Waals surface area contributed by atoms with Crippen LogP contribution in [0.2, 0.25) is 5.02 Å². The number of halogens is 4. The second-order valence-electron chi connectivity index (χ2n) is 3.52. The van der Waals surface area contributed by atoms with Gasteiger partial charge in [0.05, 0.1) is 5.75 Å². The molecule has 1 aromatic carbocycles. The summed E-state index contributed by atoms with van der Waals surface area (Å²) in [5.41, 5.74) is -0.0229. The van der Waals surface area contributed by atoms with Crippen molar-refractivity contribution in [2.24, 2.45) is 0 Å². The van der Waals surface area contributed by atoms with Gasteiger partial charge in [-0.3, -0.25) is 4.79 Å². The summed E-state index contributed by atoms with van der Waals surface area (Å²) in [4.78, 5) is 8.74. The van der Waals surface area contributed by atoms with E-state index in [2.05, 4.69) is 0 Å². The summed E-state index contributed by atoms with van der Waals surface area (Å²) < 4.78 is 39.3. The predicted octanol–water partition coefficient (Wildman–Crippen LogP) is 2.92. The molecule has 1 aromatic rings. The normalized spacial score (nSPS) is 24.8. The maximum Gasteiger partial charge on any atom is 0.425 e. The fourth-order valence-corrected chi connectivity index (χ4v) is 2.80. The van der Waals surface area contributed by atoms with Crippen LogP contribution in [0.15, 0.2) is 24.3 Å². The van der Waals surface area contributed by atoms with E-state index in [1.54, 1.807) is 0 Å². The van der Waals surface area contributed by atoms with Crippen LogP contribution in [0.3, 0.4) is 0 Å². The molecule has 0 saturated carbocycles. The van der Waals surface area contributed by atoms with Crippen LogP contribution in [-0.2, 0) is 9.67 Å². The molecule has 7 heteroatoms. The third-order valence-electron chi connectivity index (χ3n) is 2.39. The molecular weight excluding hydrogens is 275 g/mol. The smallest absolute Gasteiger partial charge is 0.329 e. The predicted molar refractivity (Wildman–Crippen MR) is 59.8 cm³/mol. The average molecular weight is 282 g/mol. The van der Waals surface area contributed by atoms with Gasteiger partial charge in [0.15, 0.2) is 0 Å². The molecular formula is C10H7ClF3NOS. The first-order valence-electron chi connectivity index (χ1n) is 4.63. The first kappa shape index (κ1) is 12.6. The maximum absolute atomic E-state index is 13.1. The number of carbonyl (C=O) groups is 1. The van der Waals surface area contributed by atoms with Crippen LogP contribution >= 0.6 is 23.4 Å². The van der Waals surface area contributed by atoms with Crippen molar-refractivity contribution in [3.05, 3.63) is 34.9 Å². The highest BCUT2D eigenvalue weighted by atomic mass is 35.5. The molecule has 1 N–H and O–H groups in total. The number of benzene rings is 1. The van der Waals surface area contributed by atoms with Crippen LogP contribution in [-0.4, -0.2) is 17.8 Å². The lowest BCUT2D eigenvalue weighted by molar-refractivity contribution is -0.171. The maximum atomic E-state index is 13.1. The van der Waals surface area contributed by atoms with Crippen molar-refractivity contribution in [1.29, 1.82) is 0 Å². The third-order valence-corrected chi connectivity index (χ3v) is 4.05. The fourth-order valence-electron chi connectivity index (χ4n) is 1.60. The van der Waals surface area contributed by atoms with Crippen molar-refractivity contribution in [3.63, 3.8) is 0 Å². The van der Waals surface area contributed by atoms with E-state index >= 15 is 0 Å². The van der Waals surface area contributed by atoms with Crippen molar-refractivity contribution in [2.45, 2.75) is 11.0 Å². The molecule has 0 spiro atoms. The van der Waals surface area contributed by atoms with Crippen LogP contribution in [0, 0.1) is 0 Å². The third kappa shape index (κ3) is 2.11. The number of alkyl halides is 3. The van der Waals surface area contributed by atoms with Gasteiger partial charge in [0.25, 0.3) is 0 Å². The van der Waals surface area contributed by atoms with Gasteiger partial charge >= 0.3 is 6.18 Å². The molecule has 2 rings (SSSR count). The van der Waals surface area contributed by atoms with Gasteiger partial charge in [0.1, 0.15) is 0 Å². The molecule has 0 aromatic heterocycles. The van der Waals surface area contributed by atoms with Crippen molar-refractivity contribution in [2.75, 3.05) is 5.75 Å². The molecule has 1 aliphatic heterocycles. The highest BCUT2D eigenvalue weighted by molar-refractivity contribution is 8.01. The van der Waals surface area contributed by atoms with Crippen LogP contribution in [0.25, 0.3) is 0 Å². The highest BCUT2D eigenvalue weighted by Gasteiger charge is 2.60. The molecule has 0 unspecified atom stereocenters. The molecule has 2 nitrogen and oxygen atoms in total. The summed E-state index contributed by atoms with van der Waals surface area (Å²) >= 11 is 6.17. The van der Waals surface area contributed by atoms with Crippen molar-refractivity contribution in [3.8, 4) is 0 Å². The van der Waals surface area contributed by atoms with E-state index in [-0.39, 0.29) is 11.3 Å². The largest absolute Gasteiger partial charge is 0.425 e. The van der Waals surface area contributed by atoms with E-state index in [1.807, 2.05) is 5.32 Å². The van der Waals surface area contributed by atoms with Gasteiger partial charge in [0.2, 0.25) is 10.8 Å². The zero-order chi connectivity index (χ0) is 12.7. The molecule has 1 atom stereocenters. The van der Waals surface area contributed by atoms with Crippen molar-refractivity contribution >= 4 is 29.3 Å². The summed E-state index contributed by atoms with van der Waals surface area (Å²) in [5, 5.41) is 2.35. The van der Waals surface area contributed by atoms with Crippen LogP contribution < -0.4 is 5.32 Å². The van der Waals surface area contributed by atoms with E-state index in [9.17, 15) is 18.0 Å². The van der Waals surface area contributed by atoms with E-state index in [0.29, 0.717) is 16.8 Å². The number of hydrogen-bond acceptors (Lipinski definition) is 2. The monoisotopic (exact) mass is 281 g/mol. The summed E-state index contributed by atoms with van der Waals surface area (Å²) in [6.45, 7) is 0. The Balaban J connectivity index is 2.48. The number of nitrogens with one attached hydrogen (secondary N) is 1. The molecule has 0 bridgehead atoms. The molecule has 17 heavy (non-hydrogen) atoms. The first-order valence-corrected chi connectivity index (χ1v) is 5.99. The zero-order valence-corrected chi connectivity index (χ0v) is 9.92. The number of hydrogen-bond donors (Lipinski definition) is 1. The number of amides is 1. The summed E-state index contributed by atoms with van der Waals surface area (Å²) in [6.07, 6.45) is -4.56. The van der Waals surface area contributed by atoms with E-state index in [4.69, 9.17) is 11.6 Å². The van der Waals surface area contributed by atoms with Gasteiger partial charge in [-0.2, -0.15) is 13.2 Å². The second-order valence-corrected chi connectivity index (χ2v) is 5.15. The molecule has 1 fully saturated rings. The zero-order valence-electron chi connectivity index (χ0n) is 8.34. The summed E-state index contributed by atoms with van der Waals surface area (Å²) in [5.74, 6) is -0.829. The molecule has 1 aliphatic rings. The van der Waals surface area contributed by atoms with Gasteiger partial charge in [-0.1, -0.05) is 23.7 Å². The standard InChI is InChI=1S/C10H7ClF3NOS/c11-7-3-1-6(2-4-7)9(10(12,13)14)15-8(16)5-17-9/h1-4H,5H2,(H,15,16)/t9-/m0/s1. The Hall–Kier alpha value is -0.880. The lowest BCUT2D eigenvalue weighted by atomic mass is 10.1. The van der Waals surface area contributed by atoms with E-state index in [1.165, 1.54) is 24.3 Å². The van der Waals surface area contributed by atoms with Gasteiger partial charge in [-0.25, -0.2) is 0 Å². The Labute approximate surface area is 105 Å². The fraction of sp³-hybridized carbons (Fsp3) is 0.300. The first-order chi connectivity index (χ1) is 7.85. The Bertz CT molecular complexity index is 448. The van der Waals surface area contributed by atoms with Gasteiger partial charge in [0, 0.05) is 5.02 Å². The van der Waals surface area contributed by atoms with Crippen molar-refractivity contribution < 1.29 is 18.0 Å². The second kappa shape index (κ2) is 4.10. The summed E-state index contributed by atoms with van der Waals surface area (Å²) in [6, 6.07) is 5.29. The minimum Gasteiger partial charge on any atom is -0.329 e. The molecule has 0 aliphatic carbocycles. The van der Waals surface area contributed by atoms with Crippen molar-refractivity contribution in [1.82, 2.24) is 5.32 Å².